The van der Waals surface area contributed by atoms with E-state index in [4.69, 9.17) is 11.6 Å². The molecule has 3 aromatic carbocycles. The van der Waals surface area contributed by atoms with Crippen LogP contribution in [0.5, 0.6) is 0 Å². The van der Waals surface area contributed by atoms with Crippen molar-refractivity contribution in [3.8, 4) is 5.69 Å². The molecule has 0 spiro atoms. The minimum absolute atomic E-state index is 0.190. The Balaban J connectivity index is 1.63. The first-order valence-electron chi connectivity index (χ1n) is 10.6. The number of para-hydroxylation sites is 2. The van der Waals surface area contributed by atoms with Gasteiger partial charge in [-0.25, -0.2) is 4.79 Å². The summed E-state index contributed by atoms with van der Waals surface area (Å²) in [6.45, 7) is 0.190. The normalized spacial score (nSPS) is 15.3. The monoisotopic (exact) mass is 481 g/mol. The molecule has 0 aliphatic carbocycles. The van der Waals surface area contributed by atoms with E-state index in [0.717, 1.165) is 28.6 Å². The van der Waals surface area contributed by atoms with Gasteiger partial charge in [-0.15, -0.1) is 0 Å². The van der Waals surface area contributed by atoms with E-state index in [1.165, 1.54) is 23.1 Å². The Labute approximate surface area is 199 Å². The van der Waals surface area contributed by atoms with Crippen LogP contribution >= 0.6 is 11.6 Å². The second-order valence-corrected chi connectivity index (χ2v) is 8.43. The summed E-state index contributed by atoms with van der Waals surface area (Å²) < 4.78 is 42.7. The molecule has 0 unspecified atom stereocenters. The highest BCUT2D eigenvalue weighted by Crippen LogP contribution is 2.39. The molecule has 0 fully saturated rings. The number of rotatable bonds is 2. The molecular formula is C26H19ClF3N3O. The van der Waals surface area contributed by atoms with Crippen LogP contribution in [0.25, 0.3) is 5.69 Å². The zero-order valence-corrected chi connectivity index (χ0v) is 18.5. The minimum Gasteiger partial charge on any atom is -0.318 e. The van der Waals surface area contributed by atoms with Gasteiger partial charge in [-0.2, -0.15) is 13.2 Å². The number of benzene rings is 3. The molecule has 34 heavy (non-hydrogen) atoms. The molecule has 4 nitrogen and oxygen atoms in total. The molecule has 5 rings (SSSR count). The summed E-state index contributed by atoms with van der Waals surface area (Å²) in [6, 6.07) is 22.3. The number of alkyl halides is 3. The summed E-state index contributed by atoms with van der Waals surface area (Å²) in [6.07, 6.45) is -2.69. The molecule has 0 radical (unpaired) electrons. The third-order valence-corrected chi connectivity index (χ3v) is 6.10. The van der Waals surface area contributed by atoms with Crippen molar-refractivity contribution in [2.75, 3.05) is 5.32 Å². The van der Waals surface area contributed by atoms with Crippen LogP contribution in [0.15, 0.2) is 91.1 Å². The number of hydrogen-bond donors (Lipinski definition) is 1. The third kappa shape index (κ3) is 4.03. The lowest BCUT2D eigenvalue weighted by Gasteiger charge is -2.31. The van der Waals surface area contributed by atoms with Crippen LogP contribution in [-0.2, 0) is 12.7 Å². The molecule has 8 heteroatoms. The maximum Gasteiger partial charge on any atom is 0.418 e. The van der Waals surface area contributed by atoms with Gasteiger partial charge < -0.3 is 14.8 Å². The maximum absolute atomic E-state index is 13.6. The number of carbonyl (C=O) groups excluding carboxylic acids is 1. The fourth-order valence-corrected chi connectivity index (χ4v) is 4.59. The largest absolute Gasteiger partial charge is 0.418 e. The zero-order valence-electron chi connectivity index (χ0n) is 17.8. The van der Waals surface area contributed by atoms with E-state index < -0.39 is 23.8 Å². The first kappa shape index (κ1) is 22.1. The molecule has 1 aromatic heterocycles. The number of amides is 2. The lowest BCUT2D eigenvalue weighted by molar-refractivity contribution is -0.136. The molecule has 1 atom stereocenters. The number of hydrogen-bond acceptors (Lipinski definition) is 1. The van der Waals surface area contributed by atoms with Crippen LogP contribution in [0.2, 0.25) is 5.02 Å². The highest BCUT2D eigenvalue weighted by Gasteiger charge is 2.36. The molecule has 1 aliphatic rings. The molecular weight excluding hydrogens is 463 g/mol. The number of fused-ring (bicyclic) bond motifs is 3. The van der Waals surface area contributed by atoms with Crippen LogP contribution in [0, 0.1) is 0 Å². The van der Waals surface area contributed by atoms with Gasteiger partial charge in [0.05, 0.1) is 29.5 Å². The average molecular weight is 482 g/mol. The average Bonchev–Trinajstić information content (AvgIpc) is 3.23. The summed E-state index contributed by atoms with van der Waals surface area (Å²) in [5.74, 6) is 0. The fraction of sp³-hybridized carbons (Fsp3) is 0.115. The Kier molecular flexibility index (Phi) is 5.57. The summed E-state index contributed by atoms with van der Waals surface area (Å²) >= 11 is 6.27. The number of anilines is 1. The Morgan fingerprint density at radius 2 is 1.71 bits per heavy atom. The SMILES string of the molecule is O=C(Nc1ccccc1C(F)(F)F)N1Cc2ccccc2-n2cccc2[C@@H]1c1cccc(Cl)c1. The molecule has 0 saturated heterocycles. The van der Waals surface area contributed by atoms with Crippen LogP contribution in [-0.4, -0.2) is 15.5 Å². The topological polar surface area (TPSA) is 37.3 Å². The molecule has 2 heterocycles. The molecule has 172 valence electrons. The van der Waals surface area contributed by atoms with E-state index in [-0.39, 0.29) is 12.2 Å². The van der Waals surface area contributed by atoms with E-state index >= 15 is 0 Å². The maximum atomic E-state index is 13.6. The van der Waals surface area contributed by atoms with Crippen LogP contribution in [0.3, 0.4) is 0 Å². The number of carbonyl (C=O) groups is 1. The third-order valence-electron chi connectivity index (χ3n) is 5.86. The van der Waals surface area contributed by atoms with E-state index in [2.05, 4.69) is 5.32 Å². The van der Waals surface area contributed by atoms with Crippen molar-refractivity contribution in [1.82, 2.24) is 9.47 Å². The standard InChI is InChI=1S/C26H19ClF3N3O/c27-19-9-5-8-17(15-19)24-23-13-6-14-32(23)22-12-4-1-7-18(22)16-33(24)25(34)31-21-11-3-2-10-20(21)26(28,29)30/h1-15,24H,16H2,(H,31,34)/t24-/m0/s1. The first-order chi connectivity index (χ1) is 16.3. The second-order valence-electron chi connectivity index (χ2n) is 7.99. The molecule has 0 saturated carbocycles. The van der Waals surface area contributed by atoms with Gasteiger partial charge >= 0.3 is 12.2 Å². The van der Waals surface area contributed by atoms with Crippen molar-refractivity contribution in [2.45, 2.75) is 18.8 Å². The van der Waals surface area contributed by atoms with E-state index in [1.807, 2.05) is 53.2 Å². The first-order valence-corrected chi connectivity index (χ1v) is 11.0. The number of nitrogens with zero attached hydrogens (tertiary/aromatic N) is 2. The zero-order chi connectivity index (χ0) is 23.9. The predicted molar refractivity (Wildman–Crippen MR) is 125 cm³/mol. The molecule has 4 aromatic rings. The number of aromatic nitrogens is 1. The fourth-order valence-electron chi connectivity index (χ4n) is 4.39. The Hall–Kier alpha value is -3.71. The van der Waals surface area contributed by atoms with Gasteiger partial charge in [0.25, 0.3) is 0 Å². The molecule has 0 bridgehead atoms. The van der Waals surface area contributed by atoms with E-state index in [0.29, 0.717) is 5.02 Å². The van der Waals surface area contributed by atoms with Crippen molar-refractivity contribution < 1.29 is 18.0 Å². The minimum atomic E-state index is -4.60. The lowest BCUT2D eigenvalue weighted by Crippen LogP contribution is -2.38. The highest BCUT2D eigenvalue weighted by atomic mass is 35.5. The molecule has 2 amide bonds. The summed E-state index contributed by atoms with van der Waals surface area (Å²) in [7, 11) is 0. The van der Waals surface area contributed by atoms with Gasteiger partial charge in [0.15, 0.2) is 0 Å². The van der Waals surface area contributed by atoms with Crippen molar-refractivity contribution in [1.29, 1.82) is 0 Å². The Morgan fingerprint density at radius 3 is 2.50 bits per heavy atom. The Bertz CT molecular complexity index is 1370. The lowest BCUT2D eigenvalue weighted by atomic mass is 10.0. The Morgan fingerprint density at radius 1 is 0.941 bits per heavy atom. The van der Waals surface area contributed by atoms with Crippen molar-refractivity contribution in [3.05, 3.63) is 119 Å². The van der Waals surface area contributed by atoms with Crippen molar-refractivity contribution >= 4 is 23.3 Å². The van der Waals surface area contributed by atoms with E-state index in [1.54, 1.807) is 18.2 Å². The van der Waals surface area contributed by atoms with Crippen LogP contribution in [0.1, 0.15) is 28.4 Å². The predicted octanol–water partition coefficient (Wildman–Crippen LogP) is 7.29. The van der Waals surface area contributed by atoms with Crippen LogP contribution in [0.4, 0.5) is 23.7 Å². The van der Waals surface area contributed by atoms with Gasteiger partial charge in [0.2, 0.25) is 0 Å². The number of nitrogens with one attached hydrogen (secondary N) is 1. The van der Waals surface area contributed by atoms with Gasteiger partial charge in [0.1, 0.15) is 0 Å². The van der Waals surface area contributed by atoms with Gasteiger partial charge in [0, 0.05) is 16.9 Å². The summed E-state index contributed by atoms with van der Waals surface area (Å²) in [5, 5.41) is 3.01. The van der Waals surface area contributed by atoms with Gasteiger partial charge in [-0.05, 0) is 53.6 Å². The van der Waals surface area contributed by atoms with Crippen molar-refractivity contribution in [3.63, 3.8) is 0 Å². The summed E-state index contributed by atoms with van der Waals surface area (Å²) in [4.78, 5) is 15.2. The number of halogens is 4. The summed E-state index contributed by atoms with van der Waals surface area (Å²) in [5.41, 5.74) is 2.12. The molecule has 1 N–H and O–H groups in total. The van der Waals surface area contributed by atoms with E-state index in [9.17, 15) is 18.0 Å². The smallest absolute Gasteiger partial charge is 0.318 e. The molecule has 1 aliphatic heterocycles. The number of urea groups is 1. The van der Waals surface area contributed by atoms with Gasteiger partial charge in [-0.1, -0.05) is 54.1 Å². The highest BCUT2D eigenvalue weighted by molar-refractivity contribution is 6.30. The van der Waals surface area contributed by atoms with Crippen LogP contribution < -0.4 is 5.32 Å². The second kappa shape index (κ2) is 8.57. The van der Waals surface area contributed by atoms with Gasteiger partial charge in [-0.3, -0.25) is 0 Å². The quantitative estimate of drug-likeness (QED) is 0.321. The van der Waals surface area contributed by atoms with Crippen molar-refractivity contribution in [2.24, 2.45) is 0 Å².